The van der Waals surface area contributed by atoms with Crippen LogP contribution in [0.15, 0.2) is 24.3 Å². The molecule has 3 amide bonds. The van der Waals surface area contributed by atoms with Crippen molar-refractivity contribution in [3.63, 3.8) is 0 Å². The number of esters is 1. The quantitative estimate of drug-likeness (QED) is 0.403. The van der Waals surface area contributed by atoms with Gasteiger partial charge in [-0.3, -0.25) is 14.4 Å². The predicted octanol–water partition coefficient (Wildman–Crippen LogP) is 3.46. The molecule has 9 nitrogen and oxygen atoms in total. The molecular weight excluding hydrogens is 482 g/mol. The third-order valence-electron chi connectivity index (χ3n) is 5.28. The van der Waals surface area contributed by atoms with E-state index in [0.29, 0.717) is 17.7 Å². The van der Waals surface area contributed by atoms with Gasteiger partial charge in [0.25, 0.3) is 0 Å². The average molecular weight is 524 g/mol. The smallest absolute Gasteiger partial charge is 0.408 e. The lowest BCUT2D eigenvalue weighted by molar-refractivity contribution is -0.146. The summed E-state index contributed by atoms with van der Waals surface area (Å²) in [4.78, 5) is 53.0. The Morgan fingerprint density at radius 1 is 1.08 bits per heavy atom. The number of carbonyl (C=O) groups excluding carboxylic acids is 4. The summed E-state index contributed by atoms with van der Waals surface area (Å²) in [5, 5.41) is 5.28. The van der Waals surface area contributed by atoms with E-state index in [2.05, 4.69) is 15.4 Å². The Bertz CT molecular complexity index is 883. The summed E-state index contributed by atoms with van der Waals surface area (Å²) in [5.74, 6) is -0.923. The van der Waals surface area contributed by atoms with Gasteiger partial charge in [0.2, 0.25) is 11.8 Å². The number of carbonyl (C=O) groups is 4. The lowest BCUT2D eigenvalue weighted by Crippen LogP contribution is -2.55. The summed E-state index contributed by atoms with van der Waals surface area (Å²) >= 11 is 1.54. The third kappa shape index (κ3) is 10.1. The van der Waals surface area contributed by atoms with E-state index in [-0.39, 0.29) is 6.54 Å². The van der Waals surface area contributed by atoms with Crippen molar-refractivity contribution in [3.8, 4) is 0 Å². The Labute approximate surface area is 219 Å². The monoisotopic (exact) mass is 523 g/mol. The first-order valence-corrected chi connectivity index (χ1v) is 13.5. The van der Waals surface area contributed by atoms with Crippen LogP contribution in [0.1, 0.15) is 65.1 Å². The molecule has 2 unspecified atom stereocenters. The largest absolute Gasteiger partial charge is 0.468 e. The summed E-state index contributed by atoms with van der Waals surface area (Å²) < 4.78 is 10.0. The van der Waals surface area contributed by atoms with E-state index in [0.717, 1.165) is 12.0 Å². The maximum atomic E-state index is 13.9. The van der Waals surface area contributed by atoms with Crippen molar-refractivity contribution in [2.75, 3.05) is 25.7 Å². The fourth-order valence-electron chi connectivity index (χ4n) is 3.50. The third-order valence-corrected chi connectivity index (χ3v) is 5.92. The summed E-state index contributed by atoms with van der Waals surface area (Å²) in [7, 11) is 1.23. The number of hydrogen-bond acceptors (Lipinski definition) is 7. The SMILES string of the molecule is CCc1ccc(C(C(=O)NCC(=O)OC)N(C(=O)C(CCSC)NC(=O)OC(C)(C)C)C(C)C)cc1. The van der Waals surface area contributed by atoms with E-state index in [4.69, 9.17) is 4.74 Å². The number of rotatable bonds is 12. The van der Waals surface area contributed by atoms with E-state index in [1.807, 2.05) is 37.4 Å². The molecule has 0 aliphatic heterocycles. The molecule has 1 aromatic carbocycles. The number of amides is 3. The number of methoxy groups -OCH3 is 1. The Morgan fingerprint density at radius 3 is 2.17 bits per heavy atom. The normalized spacial score (nSPS) is 12.9. The Balaban J connectivity index is 3.42. The van der Waals surface area contributed by atoms with Gasteiger partial charge in [0, 0.05) is 6.04 Å². The fourth-order valence-corrected chi connectivity index (χ4v) is 3.98. The molecule has 0 heterocycles. The Kier molecular flexibility index (Phi) is 12.8. The highest BCUT2D eigenvalue weighted by atomic mass is 32.2. The molecule has 0 radical (unpaired) electrons. The number of nitrogens with zero attached hydrogens (tertiary/aromatic N) is 1. The number of benzene rings is 1. The highest BCUT2D eigenvalue weighted by Crippen LogP contribution is 2.26. The predicted molar refractivity (Wildman–Crippen MR) is 142 cm³/mol. The van der Waals surface area contributed by atoms with Crippen molar-refractivity contribution in [2.45, 2.75) is 78.1 Å². The lowest BCUT2D eigenvalue weighted by Gasteiger charge is -2.37. The maximum absolute atomic E-state index is 13.9. The molecule has 0 aliphatic rings. The van der Waals surface area contributed by atoms with Crippen LogP contribution in [0.3, 0.4) is 0 Å². The first kappa shape index (κ1) is 31.3. The molecule has 0 aromatic heterocycles. The van der Waals surface area contributed by atoms with Gasteiger partial charge in [0.05, 0.1) is 7.11 Å². The summed E-state index contributed by atoms with van der Waals surface area (Å²) in [5.41, 5.74) is 0.948. The van der Waals surface area contributed by atoms with Crippen LogP contribution in [-0.2, 0) is 30.3 Å². The fraction of sp³-hybridized carbons (Fsp3) is 0.615. The molecule has 2 atom stereocenters. The minimum absolute atomic E-state index is 0.328. The highest BCUT2D eigenvalue weighted by molar-refractivity contribution is 7.98. The molecule has 202 valence electrons. The molecule has 0 fully saturated rings. The van der Waals surface area contributed by atoms with E-state index in [1.54, 1.807) is 46.4 Å². The highest BCUT2D eigenvalue weighted by Gasteiger charge is 2.37. The molecule has 0 saturated heterocycles. The molecule has 1 rings (SSSR count). The molecule has 1 aromatic rings. The second kappa shape index (κ2) is 14.7. The number of hydrogen-bond donors (Lipinski definition) is 2. The molecular formula is C26H41N3O6S. The molecule has 0 bridgehead atoms. The lowest BCUT2D eigenvalue weighted by atomic mass is 9.99. The van der Waals surface area contributed by atoms with Gasteiger partial charge in [-0.05, 0) is 70.6 Å². The van der Waals surface area contributed by atoms with Crippen molar-refractivity contribution in [1.82, 2.24) is 15.5 Å². The van der Waals surface area contributed by atoms with E-state index in [9.17, 15) is 19.2 Å². The molecule has 36 heavy (non-hydrogen) atoms. The van der Waals surface area contributed by atoms with Crippen LogP contribution in [0.25, 0.3) is 0 Å². The minimum atomic E-state index is -1.02. The van der Waals surface area contributed by atoms with Crippen molar-refractivity contribution in [3.05, 3.63) is 35.4 Å². The van der Waals surface area contributed by atoms with Crippen LogP contribution >= 0.6 is 11.8 Å². The maximum Gasteiger partial charge on any atom is 0.408 e. The zero-order valence-electron chi connectivity index (χ0n) is 22.7. The van der Waals surface area contributed by atoms with Crippen LogP contribution in [0.4, 0.5) is 4.79 Å². The molecule has 10 heteroatoms. The van der Waals surface area contributed by atoms with Gasteiger partial charge in [0.1, 0.15) is 24.2 Å². The topological polar surface area (TPSA) is 114 Å². The summed E-state index contributed by atoms with van der Waals surface area (Å²) in [6.45, 7) is 10.5. The molecule has 2 N–H and O–H groups in total. The zero-order chi connectivity index (χ0) is 27.5. The van der Waals surface area contributed by atoms with Crippen LogP contribution in [0.2, 0.25) is 0 Å². The van der Waals surface area contributed by atoms with Gasteiger partial charge >= 0.3 is 12.1 Å². The number of ether oxygens (including phenoxy) is 2. The summed E-state index contributed by atoms with van der Waals surface area (Å²) in [6.07, 6.45) is 2.38. The van der Waals surface area contributed by atoms with Crippen molar-refractivity contribution < 1.29 is 28.7 Å². The first-order valence-electron chi connectivity index (χ1n) is 12.1. The van der Waals surface area contributed by atoms with Gasteiger partial charge in [-0.1, -0.05) is 31.2 Å². The van der Waals surface area contributed by atoms with Gasteiger partial charge in [-0.2, -0.15) is 11.8 Å². The Morgan fingerprint density at radius 2 is 1.69 bits per heavy atom. The second-order valence-electron chi connectivity index (χ2n) is 9.61. The van der Waals surface area contributed by atoms with Crippen LogP contribution in [0, 0.1) is 0 Å². The van der Waals surface area contributed by atoms with Crippen LogP contribution in [0.5, 0.6) is 0 Å². The van der Waals surface area contributed by atoms with Crippen molar-refractivity contribution in [2.24, 2.45) is 0 Å². The molecule has 0 saturated carbocycles. The molecule has 0 spiro atoms. The molecule has 0 aliphatic carbocycles. The number of alkyl carbamates (subject to hydrolysis) is 1. The van der Waals surface area contributed by atoms with Crippen LogP contribution < -0.4 is 10.6 Å². The van der Waals surface area contributed by atoms with Crippen molar-refractivity contribution in [1.29, 1.82) is 0 Å². The standard InChI is InChI=1S/C26H41N3O6S/c1-9-18-10-12-19(13-11-18)22(23(31)27-16-21(30)34-7)29(17(2)3)24(32)20(14-15-36-8)28-25(33)35-26(4,5)6/h10-13,17,20,22H,9,14-16H2,1-8H3,(H,27,31)(H,28,33). The van der Waals surface area contributed by atoms with Gasteiger partial charge < -0.3 is 25.0 Å². The Hall–Kier alpha value is -2.75. The first-order chi connectivity index (χ1) is 16.8. The van der Waals surface area contributed by atoms with E-state index < -0.39 is 47.6 Å². The number of nitrogens with one attached hydrogen (secondary N) is 2. The zero-order valence-corrected chi connectivity index (χ0v) is 23.5. The van der Waals surface area contributed by atoms with Crippen LogP contribution in [-0.4, -0.2) is 72.1 Å². The average Bonchev–Trinajstić information content (AvgIpc) is 2.81. The van der Waals surface area contributed by atoms with E-state index >= 15 is 0 Å². The van der Waals surface area contributed by atoms with Gasteiger partial charge in [-0.25, -0.2) is 4.79 Å². The minimum Gasteiger partial charge on any atom is -0.468 e. The number of aryl methyl sites for hydroxylation is 1. The van der Waals surface area contributed by atoms with Crippen molar-refractivity contribution >= 4 is 35.6 Å². The second-order valence-corrected chi connectivity index (χ2v) is 10.6. The van der Waals surface area contributed by atoms with E-state index in [1.165, 1.54) is 12.0 Å². The number of thioether (sulfide) groups is 1. The summed E-state index contributed by atoms with van der Waals surface area (Å²) in [6, 6.07) is 5.11. The van der Waals surface area contributed by atoms with Gasteiger partial charge in [0.15, 0.2) is 0 Å². The van der Waals surface area contributed by atoms with Gasteiger partial charge in [-0.15, -0.1) is 0 Å².